The van der Waals surface area contributed by atoms with E-state index < -0.39 is 0 Å². The molecule has 1 saturated carbocycles. The van der Waals surface area contributed by atoms with Gasteiger partial charge in [0.25, 0.3) is 0 Å². The van der Waals surface area contributed by atoms with Crippen LogP contribution in [0.15, 0.2) is 0 Å². The second-order valence-corrected chi connectivity index (χ2v) is 6.01. The first-order chi connectivity index (χ1) is 9.31. The number of carbonyl (C=O) groups excluding carboxylic acids is 1. The van der Waals surface area contributed by atoms with Gasteiger partial charge in [-0.1, -0.05) is 0 Å². The van der Waals surface area contributed by atoms with Crippen LogP contribution in [-0.2, 0) is 9.53 Å². The second-order valence-electron chi connectivity index (χ2n) is 6.01. The summed E-state index contributed by atoms with van der Waals surface area (Å²) >= 11 is 0. The van der Waals surface area contributed by atoms with Crippen LogP contribution in [0.2, 0.25) is 0 Å². The zero-order valence-electron chi connectivity index (χ0n) is 11.6. The van der Waals surface area contributed by atoms with Gasteiger partial charge in [0.1, 0.15) is 0 Å². The quantitative estimate of drug-likeness (QED) is 0.759. The molecule has 0 spiro atoms. The summed E-state index contributed by atoms with van der Waals surface area (Å²) in [6, 6.07) is 1.23. The first-order valence-electron chi connectivity index (χ1n) is 7.67. The van der Waals surface area contributed by atoms with Gasteiger partial charge in [0.05, 0.1) is 19.1 Å². The topological polar surface area (TPSA) is 53.6 Å². The standard InChI is InChI=1S/C14H25N3O2/c18-14(9-13-10-15-5-8-19-13)16-11-3-6-17(7-4-11)12-1-2-12/h11-13,15H,1-10H2,(H,16,18). The number of carbonyl (C=O) groups is 1. The van der Waals surface area contributed by atoms with Crippen LogP contribution in [0, 0.1) is 0 Å². The molecule has 2 aliphatic heterocycles. The van der Waals surface area contributed by atoms with E-state index in [1.54, 1.807) is 0 Å². The number of hydrogen-bond acceptors (Lipinski definition) is 4. The Labute approximate surface area is 115 Å². The highest BCUT2D eigenvalue weighted by molar-refractivity contribution is 5.76. The van der Waals surface area contributed by atoms with E-state index in [0.717, 1.165) is 51.7 Å². The molecular weight excluding hydrogens is 242 g/mol. The van der Waals surface area contributed by atoms with Crippen molar-refractivity contribution in [3.05, 3.63) is 0 Å². The molecule has 2 heterocycles. The average molecular weight is 267 g/mol. The Morgan fingerprint density at radius 3 is 2.68 bits per heavy atom. The number of rotatable bonds is 4. The molecule has 3 rings (SSSR count). The SMILES string of the molecule is O=C(CC1CNCCO1)NC1CCN(C2CC2)CC1. The Hall–Kier alpha value is -0.650. The molecule has 5 nitrogen and oxygen atoms in total. The summed E-state index contributed by atoms with van der Waals surface area (Å²) in [4.78, 5) is 14.6. The van der Waals surface area contributed by atoms with Gasteiger partial charge in [0.2, 0.25) is 5.91 Å². The zero-order chi connectivity index (χ0) is 13.1. The van der Waals surface area contributed by atoms with Gasteiger partial charge in [-0.25, -0.2) is 0 Å². The molecular formula is C14H25N3O2. The van der Waals surface area contributed by atoms with E-state index in [0.29, 0.717) is 12.5 Å². The maximum atomic E-state index is 12.0. The molecule has 108 valence electrons. The summed E-state index contributed by atoms with van der Waals surface area (Å²) in [6.07, 6.45) is 5.51. The number of nitrogens with zero attached hydrogens (tertiary/aromatic N) is 1. The fourth-order valence-corrected chi connectivity index (χ4v) is 3.09. The first-order valence-corrected chi connectivity index (χ1v) is 7.67. The second kappa shape index (κ2) is 6.20. The molecule has 1 atom stereocenters. The largest absolute Gasteiger partial charge is 0.375 e. The Kier molecular flexibility index (Phi) is 4.35. The molecule has 1 unspecified atom stereocenters. The molecule has 0 aromatic heterocycles. The van der Waals surface area contributed by atoms with Crippen LogP contribution < -0.4 is 10.6 Å². The van der Waals surface area contributed by atoms with Crippen molar-refractivity contribution in [3.8, 4) is 0 Å². The molecule has 2 N–H and O–H groups in total. The Morgan fingerprint density at radius 1 is 1.26 bits per heavy atom. The van der Waals surface area contributed by atoms with Gasteiger partial charge in [-0.3, -0.25) is 4.79 Å². The Balaban J connectivity index is 1.35. The average Bonchev–Trinajstić information content (AvgIpc) is 3.25. The van der Waals surface area contributed by atoms with Crippen molar-refractivity contribution in [1.29, 1.82) is 0 Å². The molecule has 3 aliphatic rings. The summed E-state index contributed by atoms with van der Waals surface area (Å²) in [5.74, 6) is 0.151. The predicted octanol–water partition coefficient (Wildman–Crippen LogP) is 0.108. The van der Waals surface area contributed by atoms with Crippen molar-refractivity contribution < 1.29 is 9.53 Å². The van der Waals surface area contributed by atoms with E-state index in [2.05, 4.69) is 15.5 Å². The number of piperidine rings is 1. The predicted molar refractivity (Wildman–Crippen MR) is 73.0 cm³/mol. The molecule has 1 aliphatic carbocycles. The van der Waals surface area contributed by atoms with Gasteiger partial charge in [0, 0.05) is 38.3 Å². The maximum Gasteiger partial charge on any atom is 0.222 e. The summed E-state index contributed by atoms with van der Waals surface area (Å²) in [5.41, 5.74) is 0. The third kappa shape index (κ3) is 3.91. The molecule has 5 heteroatoms. The highest BCUT2D eigenvalue weighted by Crippen LogP contribution is 2.29. The smallest absolute Gasteiger partial charge is 0.222 e. The normalized spacial score (nSPS) is 30.2. The molecule has 1 amide bonds. The van der Waals surface area contributed by atoms with Gasteiger partial charge >= 0.3 is 0 Å². The highest BCUT2D eigenvalue weighted by atomic mass is 16.5. The van der Waals surface area contributed by atoms with Gasteiger partial charge in [-0.05, 0) is 25.7 Å². The van der Waals surface area contributed by atoms with E-state index >= 15 is 0 Å². The fourth-order valence-electron chi connectivity index (χ4n) is 3.09. The van der Waals surface area contributed by atoms with Gasteiger partial charge in [-0.15, -0.1) is 0 Å². The molecule has 0 aromatic rings. The van der Waals surface area contributed by atoms with Crippen molar-refractivity contribution >= 4 is 5.91 Å². The maximum absolute atomic E-state index is 12.0. The summed E-state index contributed by atoms with van der Waals surface area (Å²) in [5, 5.41) is 6.43. The van der Waals surface area contributed by atoms with Crippen LogP contribution in [0.4, 0.5) is 0 Å². The number of nitrogens with one attached hydrogen (secondary N) is 2. The van der Waals surface area contributed by atoms with Gasteiger partial charge in [-0.2, -0.15) is 0 Å². The van der Waals surface area contributed by atoms with E-state index in [1.165, 1.54) is 12.8 Å². The van der Waals surface area contributed by atoms with Crippen LogP contribution >= 0.6 is 0 Å². The number of amides is 1. The third-order valence-electron chi connectivity index (χ3n) is 4.38. The molecule has 3 fully saturated rings. The minimum absolute atomic E-state index is 0.0558. The molecule has 0 radical (unpaired) electrons. The minimum Gasteiger partial charge on any atom is -0.375 e. The van der Waals surface area contributed by atoms with Crippen LogP contribution in [0.5, 0.6) is 0 Å². The van der Waals surface area contributed by atoms with Gasteiger partial charge in [0.15, 0.2) is 0 Å². The highest BCUT2D eigenvalue weighted by Gasteiger charge is 2.32. The summed E-state index contributed by atoms with van der Waals surface area (Å²) in [6.45, 7) is 4.72. The Morgan fingerprint density at radius 2 is 2.05 bits per heavy atom. The van der Waals surface area contributed by atoms with Crippen LogP contribution in [0.3, 0.4) is 0 Å². The number of likely N-dealkylation sites (tertiary alicyclic amines) is 1. The van der Waals surface area contributed by atoms with E-state index in [4.69, 9.17) is 4.74 Å². The van der Waals surface area contributed by atoms with Crippen molar-refractivity contribution in [2.75, 3.05) is 32.8 Å². The van der Waals surface area contributed by atoms with E-state index in [9.17, 15) is 4.79 Å². The van der Waals surface area contributed by atoms with E-state index in [1.807, 2.05) is 0 Å². The van der Waals surface area contributed by atoms with E-state index in [-0.39, 0.29) is 12.0 Å². The molecule has 0 aromatic carbocycles. The van der Waals surface area contributed by atoms with Crippen molar-refractivity contribution in [1.82, 2.24) is 15.5 Å². The van der Waals surface area contributed by atoms with Crippen molar-refractivity contribution in [2.45, 2.75) is 50.3 Å². The fraction of sp³-hybridized carbons (Fsp3) is 0.929. The summed E-state index contributed by atoms with van der Waals surface area (Å²) < 4.78 is 5.56. The summed E-state index contributed by atoms with van der Waals surface area (Å²) in [7, 11) is 0. The lowest BCUT2D eigenvalue weighted by Gasteiger charge is -2.32. The first kappa shape index (κ1) is 13.3. The van der Waals surface area contributed by atoms with Crippen LogP contribution in [0.1, 0.15) is 32.1 Å². The number of ether oxygens (including phenoxy) is 1. The third-order valence-corrected chi connectivity index (χ3v) is 4.38. The number of morpholine rings is 1. The zero-order valence-corrected chi connectivity index (χ0v) is 11.6. The monoisotopic (exact) mass is 267 g/mol. The molecule has 2 saturated heterocycles. The lowest BCUT2D eigenvalue weighted by Crippen LogP contribution is -2.47. The lowest BCUT2D eigenvalue weighted by atomic mass is 10.0. The van der Waals surface area contributed by atoms with Crippen molar-refractivity contribution in [2.24, 2.45) is 0 Å². The van der Waals surface area contributed by atoms with Crippen LogP contribution in [0.25, 0.3) is 0 Å². The molecule has 0 bridgehead atoms. The van der Waals surface area contributed by atoms with Crippen LogP contribution in [-0.4, -0.2) is 61.8 Å². The number of hydrogen-bond donors (Lipinski definition) is 2. The van der Waals surface area contributed by atoms with Gasteiger partial charge < -0.3 is 20.3 Å². The Bertz CT molecular complexity index is 306. The molecule has 19 heavy (non-hydrogen) atoms. The van der Waals surface area contributed by atoms with Crippen molar-refractivity contribution in [3.63, 3.8) is 0 Å². The lowest BCUT2D eigenvalue weighted by molar-refractivity contribution is -0.125. The minimum atomic E-state index is 0.0558.